The minimum atomic E-state index is -0.500. The van der Waals surface area contributed by atoms with Crippen molar-refractivity contribution in [2.45, 2.75) is 6.54 Å². The molecule has 0 atom stereocenters. The zero-order valence-corrected chi connectivity index (χ0v) is 10.9. The fourth-order valence-electron chi connectivity index (χ4n) is 2.04. The Morgan fingerprint density at radius 1 is 1.42 bits per heavy atom. The van der Waals surface area contributed by atoms with Gasteiger partial charge in [0.15, 0.2) is 0 Å². The monoisotopic (exact) mass is 279 g/mol. The number of hydrogen-bond acceptors (Lipinski definition) is 3. The van der Waals surface area contributed by atoms with Gasteiger partial charge in [-0.1, -0.05) is 11.6 Å². The lowest BCUT2D eigenvalue weighted by molar-refractivity contribution is 0.629. The summed E-state index contributed by atoms with van der Waals surface area (Å²) < 4.78 is 16.9. The molecular weight excluding hydrogens is 269 g/mol. The normalized spacial score (nSPS) is 11.3. The minimum absolute atomic E-state index is 0.0554. The van der Waals surface area contributed by atoms with Crippen molar-refractivity contribution in [3.8, 4) is 0 Å². The van der Waals surface area contributed by atoms with Gasteiger partial charge in [-0.15, -0.1) is 0 Å². The first kappa shape index (κ1) is 12.0. The lowest BCUT2D eigenvalue weighted by Crippen LogP contribution is -2.04. The molecule has 2 heterocycles. The fraction of sp³-hybridized carbons (Fsp3) is 0.167. The Balaban J connectivity index is 2.12. The molecular formula is C12H11ClFN5. The molecule has 0 aliphatic carbocycles. The van der Waals surface area contributed by atoms with Crippen LogP contribution in [0, 0.1) is 5.82 Å². The van der Waals surface area contributed by atoms with Gasteiger partial charge in [-0.2, -0.15) is 5.10 Å². The highest BCUT2D eigenvalue weighted by atomic mass is 35.5. The largest absolute Gasteiger partial charge is 0.369 e. The van der Waals surface area contributed by atoms with E-state index in [1.807, 2.05) is 13.2 Å². The molecule has 19 heavy (non-hydrogen) atoms. The van der Waals surface area contributed by atoms with Crippen LogP contribution in [0.25, 0.3) is 11.0 Å². The van der Waals surface area contributed by atoms with Gasteiger partial charge in [0.05, 0.1) is 28.8 Å². The molecule has 2 aromatic heterocycles. The van der Waals surface area contributed by atoms with Crippen molar-refractivity contribution in [1.29, 1.82) is 0 Å². The highest BCUT2D eigenvalue weighted by Crippen LogP contribution is 2.25. The number of nitrogens with two attached hydrogens (primary N) is 1. The first-order valence-electron chi connectivity index (χ1n) is 5.63. The highest BCUT2D eigenvalue weighted by molar-refractivity contribution is 6.31. The molecule has 3 aromatic rings. The molecule has 0 aliphatic heterocycles. The maximum absolute atomic E-state index is 13.4. The van der Waals surface area contributed by atoms with Crippen LogP contribution in [-0.2, 0) is 13.6 Å². The van der Waals surface area contributed by atoms with Crippen molar-refractivity contribution in [2.75, 3.05) is 5.73 Å². The van der Waals surface area contributed by atoms with E-state index >= 15 is 0 Å². The van der Waals surface area contributed by atoms with Crippen LogP contribution in [0.15, 0.2) is 24.5 Å². The van der Waals surface area contributed by atoms with Crippen molar-refractivity contribution in [2.24, 2.45) is 7.05 Å². The minimum Gasteiger partial charge on any atom is -0.369 e. The van der Waals surface area contributed by atoms with E-state index in [0.717, 1.165) is 5.56 Å². The molecule has 0 aliphatic rings. The summed E-state index contributed by atoms with van der Waals surface area (Å²) in [5, 5.41) is 4.15. The number of benzene rings is 1. The number of fused-ring (bicyclic) bond motifs is 1. The standard InChI is InChI=1S/C12H11ClFN5/c1-18-5-7(4-16-18)6-19-11-2-8(13)9(14)3-10(11)17-12(19)15/h2-5H,6H2,1H3,(H2,15,17). The summed E-state index contributed by atoms with van der Waals surface area (Å²) in [6, 6.07) is 2.82. The molecule has 5 nitrogen and oxygen atoms in total. The molecule has 0 bridgehead atoms. The topological polar surface area (TPSA) is 61.7 Å². The van der Waals surface area contributed by atoms with Crippen molar-refractivity contribution < 1.29 is 4.39 Å². The molecule has 0 saturated carbocycles. The van der Waals surface area contributed by atoms with Gasteiger partial charge in [0.25, 0.3) is 0 Å². The van der Waals surface area contributed by atoms with E-state index in [1.54, 1.807) is 15.4 Å². The third-order valence-corrected chi connectivity index (χ3v) is 3.21. The zero-order chi connectivity index (χ0) is 13.6. The quantitative estimate of drug-likeness (QED) is 0.782. The zero-order valence-electron chi connectivity index (χ0n) is 10.1. The van der Waals surface area contributed by atoms with E-state index in [4.69, 9.17) is 17.3 Å². The average Bonchev–Trinajstić information content (AvgIpc) is 2.87. The summed E-state index contributed by atoms with van der Waals surface area (Å²) >= 11 is 5.80. The smallest absolute Gasteiger partial charge is 0.201 e. The second-order valence-corrected chi connectivity index (χ2v) is 4.74. The van der Waals surface area contributed by atoms with Gasteiger partial charge < -0.3 is 10.3 Å². The number of imidazole rings is 1. The van der Waals surface area contributed by atoms with E-state index in [2.05, 4.69) is 10.1 Å². The van der Waals surface area contributed by atoms with Crippen LogP contribution in [-0.4, -0.2) is 19.3 Å². The van der Waals surface area contributed by atoms with Crippen LogP contribution >= 0.6 is 11.6 Å². The summed E-state index contributed by atoms with van der Waals surface area (Å²) in [5.74, 6) is -0.180. The lowest BCUT2D eigenvalue weighted by atomic mass is 10.3. The van der Waals surface area contributed by atoms with E-state index in [0.29, 0.717) is 23.5 Å². The van der Waals surface area contributed by atoms with E-state index in [9.17, 15) is 4.39 Å². The van der Waals surface area contributed by atoms with Gasteiger partial charge in [-0.25, -0.2) is 9.37 Å². The molecule has 0 radical (unpaired) electrons. The van der Waals surface area contributed by atoms with Crippen molar-refractivity contribution in [1.82, 2.24) is 19.3 Å². The fourth-order valence-corrected chi connectivity index (χ4v) is 2.20. The number of nitrogens with zero attached hydrogens (tertiary/aromatic N) is 4. The molecule has 7 heteroatoms. The Bertz CT molecular complexity index is 761. The Morgan fingerprint density at radius 2 is 2.21 bits per heavy atom. The van der Waals surface area contributed by atoms with Crippen LogP contribution in [0.4, 0.5) is 10.3 Å². The van der Waals surface area contributed by atoms with Crippen molar-refractivity contribution in [3.05, 3.63) is 40.9 Å². The highest BCUT2D eigenvalue weighted by Gasteiger charge is 2.12. The van der Waals surface area contributed by atoms with Gasteiger partial charge in [-0.3, -0.25) is 4.68 Å². The first-order chi connectivity index (χ1) is 9.04. The van der Waals surface area contributed by atoms with Crippen molar-refractivity contribution in [3.63, 3.8) is 0 Å². The van der Waals surface area contributed by atoms with Crippen molar-refractivity contribution >= 4 is 28.6 Å². The second-order valence-electron chi connectivity index (χ2n) is 4.33. The van der Waals surface area contributed by atoms with Crippen LogP contribution in [0.3, 0.4) is 0 Å². The molecule has 1 aromatic carbocycles. The average molecular weight is 280 g/mol. The van der Waals surface area contributed by atoms with Gasteiger partial charge in [0, 0.05) is 24.9 Å². The van der Waals surface area contributed by atoms with Gasteiger partial charge in [0.2, 0.25) is 5.95 Å². The Kier molecular flexibility index (Phi) is 2.67. The summed E-state index contributed by atoms with van der Waals surface area (Å²) in [6.45, 7) is 0.512. The molecule has 98 valence electrons. The number of rotatable bonds is 2. The molecule has 0 amide bonds. The number of halogens is 2. The lowest BCUT2D eigenvalue weighted by Gasteiger charge is -2.04. The molecule has 3 rings (SSSR count). The van der Waals surface area contributed by atoms with E-state index in [-0.39, 0.29) is 5.02 Å². The van der Waals surface area contributed by atoms with Gasteiger partial charge >= 0.3 is 0 Å². The third kappa shape index (κ3) is 2.04. The van der Waals surface area contributed by atoms with Crippen LogP contribution in [0.2, 0.25) is 5.02 Å². The predicted octanol–water partition coefficient (Wildman–Crippen LogP) is 2.19. The first-order valence-corrected chi connectivity index (χ1v) is 6.00. The third-order valence-electron chi connectivity index (χ3n) is 2.92. The summed E-state index contributed by atoms with van der Waals surface area (Å²) in [7, 11) is 1.84. The Morgan fingerprint density at radius 3 is 2.89 bits per heavy atom. The summed E-state index contributed by atoms with van der Waals surface area (Å²) in [4.78, 5) is 4.13. The predicted molar refractivity (Wildman–Crippen MR) is 71.4 cm³/mol. The SMILES string of the molecule is Cn1cc(Cn2c(N)nc3cc(F)c(Cl)cc32)cn1. The molecule has 0 unspecified atom stereocenters. The number of aromatic nitrogens is 4. The maximum atomic E-state index is 13.4. The van der Waals surface area contributed by atoms with Gasteiger partial charge in [0.1, 0.15) is 5.82 Å². The summed E-state index contributed by atoms with van der Waals surface area (Å²) in [5.41, 5.74) is 8.04. The van der Waals surface area contributed by atoms with Crippen LogP contribution < -0.4 is 5.73 Å². The summed E-state index contributed by atoms with van der Waals surface area (Å²) in [6.07, 6.45) is 3.63. The second kappa shape index (κ2) is 4.24. The number of aryl methyl sites for hydroxylation is 1. The van der Waals surface area contributed by atoms with E-state index < -0.39 is 5.82 Å². The molecule has 0 fully saturated rings. The van der Waals surface area contributed by atoms with Crippen LogP contribution in [0.1, 0.15) is 5.56 Å². The molecule has 0 saturated heterocycles. The molecule has 2 N–H and O–H groups in total. The molecule has 0 spiro atoms. The maximum Gasteiger partial charge on any atom is 0.201 e. The Hall–Kier alpha value is -2.08. The number of hydrogen-bond donors (Lipinski definition) is 1. The van der Waals surface area contributed by atoms with Crippen LogP contribution in [0.5, 0.6) is 0 Å². The van der Waals surface area contributed by atoms with E-state index in [1.165, 1.54) is 12.1 Å². The Labute approximate surface area is 113 Å². The van der Waals surface area contributed by atoms with Gasteiger partial charge in [-0.05, 0) is 6.07 Å². The number of anilines is 1. The number of nitrogen functional groups attached to an aromatic ring is 1.